The first-order chi connectivity index (χ1) is 7.47. The van der Waals surface area contributed by atoms with Gasteiger partial charge in [0.1, 0.15) is 24.4 Å². The van der Waals surface area contributed by atoms with Crippen LogP contribution in [-0.2, 0) is 9.53 Å². The molecule has 0 spiro atoms. The molecule has 0 aromatic rings. The molecule has 0 radical (unpaired) electrons. The molecule has 0 saturated carbocycles. The lowest BCUT2D eigenvalue weighted by Gasteiger charge is -2.40. The molecule has 1 aliphatic heterocycles. The summed E-state index contributed by atoms with van der Waals surface area (Å²) in [5.41, 5.74) is 4.50. The third-order valence-electron chi connectivity index (χ3n) is 2.32. The molecule has 0 bridgehead atoms. The minimum Gasteiger partial charge on any atom is -0.394 e. The zero-order valence-electron chi connectivity index (χ0n) is 8.70. The zero-order chi connectivity index (χ0) is 12.3. The number of carbonyl (C=O) groups excluding carboxylic acids is 1. The standard InChI is InChI=1S/C8H16N2O6/c1-3(12)9-10-5-7(14)6(13)4(2-11)16-8(5)15/h4-8,10-11,13-15H,2H2,1H3,(H,9,12)/t4-,5-,6+,7-,8-/m1/s1. The van der Waals surface area contributed by atoms with E-state index < -0.39 is 43.2 Å². The minimum atomic E-state index is -1.44. The molecular weight excluding hydrogens is 220 g/mol. The van der Waals surface area contributed by atoms with Crippen molar-refractivity contribution in [2.24, 2.45) is 0 Å². The van der Waals surface area contributed by atoms with E-state index in [0.717, 1.165) is 0 Å². The number of rotatable bonds is 3. The summed E-state index contributed by atoms with van der Waals surface area (Å²) >= 11 is 0. The molecule has 16 heavy (non-hydrogen) atoms. The highest BCUT2D eigenvalue weighted by molar-refractivity contribution is 5.72. The SMILES string of the molecule is CC(=O)NN[C@@H]1[C@@H](O)[C@@H](O)[C@@H](CO)O[C@H]1O. The Morgan fingerprint density at radius 2 is 1.94 bits per heavy atom. The fourth-order valence-corrected chi connectivity index (χ4v) is 1.44. The first-order valence-electron chi connectivity index (χ1n) is 4.80. The van der Waals surface area contributed by atoms with E-state index >= 15 is 0 Å². The normalized spacial score (nSPS) is 39.4. The number of ether oxygens (including phenoxy) is 1. The van der Waals surface area contributed by atoms with Crippen LogP contribution in [0.3, 0.4) is 0 Å². The van der Waals surface area contributed by atoms with E-state index in [1.165, 1.54) is 6.92 Å². The van der Waals surface area contributed by atoms with E-state index in [-0.39, 0.29) is 0 Å². The van der Waals surface area contributed by atoms with Gasteiger partial charge in [0.15, 0.2) is 6.29 Å². The number of aliphatic hydroxyl groups is 4. The Bertz CT molecular complexity index is 251. The Balaban J connectivity index is 2.60. The molecule has 1 fully saturated rings. The Hall–Kier alpha value is -0.770. The van der Waals surface area contributed by atoms with Gasteiger partial charge in [0.2, 0.25) is 5.91 Å². The molecule has 1 amide bonds. The zero-order valence-corrected chi connectivity index (χ0v) is 8.70. The smallest absolute Gasteiger partial charge is 0.230 e. The maximum Gasteiger partial charge on any atom is 0.230 e. The van der Waals surface area contributed by atoms with E-state index in [1.54, 1.807) is 0 Å². The summed E-state index contributed by atoms with van der Waals surface area (Å²) in [6.07, 6.45) is -5.21. The lowest BCUT2D eigenvalue weighted by Crippen LogP contribution is -2.65. The summed E-state index contributed by atoms with van der Waals surface area (Å²) in [6, 6.07) is -1.07. The molecule has 1 heterocycles. The lowest BCUT2D eigenvalue weighted by atomic mass is 9.98. The van der Waals surface area contributed by atoms with Crippen LogP contribution in [0.15, 0.2) is 0 Å². The molecule has 0 unspecified atom stereocenters. The predicted octanol–water partition coefficient (Wildman–Crippen LogP) is -3.57. The highest BCUT2D eigenvalue weighted by Crippen LogP contribution is 2.19. The highest BCUT2D eigenvalue weighted by atomic mass is 16.6. The first-order valence-corrected chi connectivity index (χ1v) is 4.80. The van der Waals surface area contributed by atoms with Gasteiger partial charge < -0.3 is 25.2 Å². The fourth-order valence-electron chi connectivity index (χ4n) is 1.44. The first kappa shape index (κ1) is 13.3. The quantitative estimate of drug-likeness (QED) is 0.279. The second-order valence-corrected chi connectivity index (χ2v) is 3.58. The minimum absolute atomic E-state index is 0.418. The highest BCUT2D eigenvalue weighted by Gasteiger charge is 2.43. The van der Waals surface area contributed by atoms with Gasteiger partial charge >= 0.3 is 0 Å². The number of carbonyl (C=O) groups is 1. The van der Waals surface area contributed by atoms with Crippen LogP contribution in [0.4, 0.5) is 0 Å². The summed E-state index contributed by atoms with van der Waals surface area (Å²) < 4.78 is 4.84. The number of amides is 1. The summed E-state index contributed by atoms with van der Waals surface area (Å²) in [5.74, 6) is -0.418. The summed E-state index contributed by atoms with van der Waals surface area (Å²) in [4.78, 5) is 10.6. The van der Waals surface area contributed by atoms with Crippen LogP contribution in [0.2, 0.25) is 0 Å². The molecule has 94 valence electrons. The van der Waals surface area contributed by atoms with Crippen molar-refractivity contribution in [2.45, 2.75) is 37.6 Å². The van der Waals surface area contributed by atoms with Gasteiger partial charge in [0.25, 0.3) is 0 Å². The van der Waals surface area contributed by atoms with Crippen LogP contribution >= 0.6 is 0 Å². The van der Waals surface area contributed by atoms with E-state index in [1.807, 2.05) is 0 Å². The third-order valence-corrected chi connectivity index (χ3v) is 2.32. The topological polar surface area (TPSA) is 131 Å². The number of aliphatic hydroxyl groups excluding tert-OH is 4. The number of hydrazine groups is 1. The van der Waals surface area contributed by atoms with Crippen LogP contribution in [0.1, 0.15) is 6.92 Å². The molecule has 5 atom stereocenters. The van der Waals surface area contributed by atoms with Crippen molar-refractivity contribution in [1.82, 2.24) is 10.9 Å². The average molecular weight is 236 g/mol. The van der Waals surface area contributed by atoms with Gasteiger partial charge in [-0.25, -0.2) is 5.43 Å². The van der Waals surface area contributed by atoms with E-state index in [9.17, 15) is 20.1 Å². The van der Waals surface area contributed by atoms with Crippen molar-refractivity contribution in [3.63, 3.8) is 0 Å². The van der Waals surface area contributed by atoms with Crippen LogP contribution in [0.5, 0.6) is 0 Å². The van der Waals surface area contributed by atoms with E-state index in [2.05, 4.69) is 10.9 Å². The molecule has 6 N–H and O–H groups in total. The summed E-state index contributed by atoms with van der Waals surface area (Å²) in [7, 11) is 0. The predicted molar refractivity (Wildman–Crippen MR) is 50.7 cm³/mol. The van der Waals surface area contributed by atoms with Gasteiger partial charge in [-0.15, -0.1) is 0 Å². The van der Waals surface area contributed by atoms with Gasteiger partial charge in [-0.1, -0.05) is 0 Å². The van der Waals surface area contributed by atoms with Gasteiger partial charge in [-0.05, 0) is 0 Å². The van der Waals surface area contributed by atoms with Crippen LogP contribution in [-0.4, -0.2) is 63.6 Å². The molecule has 0 aromatic carbocycles. The van der Waals surface area contributed by atoms with Gasteiger partial charge in [-0.3, -0.25) is 10.2 Å². The molecule has 1 rings (SSSR count). The number of hydrogen-bond acceptors (Lipinski definition) is 7. The summed E-state index contributed by atoms with van der Waals surface area (Å²) in [6.45, 7) is 0.713. The maximum absolute atomic E-state index is 10.6. The van der Waals surface area contributed by atoms with E-state index in [4.69, 9.17) is 9.84 Å². The lowest BCUT2D eigenvalue weighted by molar-refractivity contribution is -0.255. The van der Waals surface area contributed by atoms with Crippen LogP contribution in [0.25, 0.3) is 0 Å². The van der Waals surface area contributed by atoms with Crippen molar-refractivity contribution in [1.29, 1.82) is 0 Å². The third kappa shape index (κ3) is 2.88. The van der Waals surface area contributed by atoms with Gasteiger partial charge in [-0.2, -0.15) is 0 Å². The van der Waals surface area contributed by atoms with Gasteiger partial charge in [0, 0.05) is 6.92 Å². The largest absolute Gasteiger partial charge is 0.394 e. The second-order valence-electron chi connectivity index (χ2n) is 3.58. The number of hydrogen-bond donors (Lipinski definition) is 6. The summed E-state index contributed by atoms with van der Waals surface area (Å²) in [5, 5.41) is 37.4. The van der Waals surface area contributed by atoms with Crippen LogP contribution in [0, 0.1) is 0 Å². The molecule has 0 aliphatic carbocycles. The Kier molecular flexibility index (Phi) is 4.59. The Labute approximate surface area is 91.8 Å². The molecular formula is C8H16N2O6. The fraction of sp³-hybridized carbons (Fsp3) is 0.875. The van der Waals surface area contributed by atoms with Crippen molar-refractivity contribution in [2.75, 3.05) is 6.61 Å². The molecule has 8 nitrogen and oxygen atoms in total. The average Bonchev–Trinajstić information content (AvgIpc) is 2.22. The second kappa shape index (κ2) is 5.53. The van der Waals surface area contributed by atoms with Crippen molar-refractivity contribution in [3.8, 4) is 0 Å². The monoisotopic (exact) mass is 236 g/mol. The van der Waals surface area contributed by atoms with Crippen molar-refractivity contribution in [3.05, 3.63) is 0 Å². The van der Waals surface area contributed by atoms with Gasteiger partial charge in [0.05, 0.1) is 6.61 Å². The molecule has 8 heteroatoms. The van der Waals surface area contributed by atoms with Crippen LogP contribution < -0.4 is 10.9 Å². The Morgan fingerprint density at radius 1 is 1.31 bits per heavy atom. The van der Waals surface area contributed by atoms with E-state index in [0.29, 0.717) is 0 Å². The molecule has 1 aliphatic rings. The van der Waals surface area contributed by atoms with Crippen molar-refractivity contribution >= 4 is 5.91 Å². The Morgan fingerprint density at radius 3 is 2.44 bits per heavy atom. The maximum atomic E-state index is 10.6. The number of nitrogens with one attached hydrogen (secondary N) is 2. The molecule has 0 aromatic heterocycles. The van der Waals surface area contributed by atoms with Crippen molar-refractivity contribution < 1.29 is 30.0 Å². The molecule has 1 saturated heterocycles.